The molecule has 4 rings (SSSR count). The van der Waals surface area contributed by atoms with Crippen LogP contribution in [0.4, 0.5) is 11.6 Å². The van der Waals surface area contributed by atoms with E-state index in [9.17, 15) is 0 Å². The third kappa shape index (κ3) is 3.41. The number of ether oxygens (including phenoxy) is 2. The summed E-state index contributed by atoms with van der Waals surface area (Å²) in [5.74, 6) is 2.38. The number of hydrogen-bond donors (Lipinski definition) is 0. The fourth-order valence-corrected chi connectivity index (χ4v) is 3.76. The van der Waals surface area contributed by atoms with Gasteiger partial charge in [0, 0.05) is 19.2 Å². The molecule has 2 aliphatic rings. The van der Waals surface area contributed by atoms with Gasteiger partial charge in [0.05, 0.1) is 32.5 Å². The van der Waals surface area contributed by atoms with Crippen LogP contribution in [0, 0.1) is 6.92 Å². The van der Waals surface area contributed by atoms with Gasteiger partial charge >= 0.3 is 0 Å². The van der Waals surface area contributed by atoms with Crippen LogP contribution < -0.4 is 14.5 Å². The summed E-state index contributed by atoms with van der Waals surface area (Å²) in [6.45, 7) is 6.02. The van der Waals surface area contributed by atoms with Crippen LogP contribution in [0.1, 0.15) is 18.5 Å². The first-order valence-corrected chi connectivity index (χ1v) is 8.98. The van der Waals surface area contributed by atoms with Gasteiger partial charge in [0.1, 0.15) is 17.7 Å². The quantitative estimate of drug-likeness (QED) is 0.818. The van der Waals surface area contributed by atoms with Crippen molar-refractivity contribution < 1.29 is 9.47 Å². The van der Waals surface area contributed by atoms with Gasteiger partial charge < -0.3 is 19.3 Å². The molecule has 0 saturated carbocycles. The summed E-state index contributed by atoms with van der Waals surface area (Å²) in [5.41, 5.74) is 0.708. The molecular weight excluding hydrogens is 332 g/mol. The first kappa shape index (κ1) is 17.0. The van der Waals surface area contributed by atoms with Gasteiger partial charge in [0.15, 0.2) is 5.82 Å². The first-order valence-electron chi connectivity index (χ1n) is 8.98. The Morgan fingerprint density at radius 1 is 1.08 bits per heavy atom. The van der Waals surface area contributed by atoms with E-state index in [1.807, 2.05) is 25.1 Å². The molecule has 1 spiro atoms. The van der Waals surface area contributed by atoms with Gasteiger partial charge in [-0.1, -0.05) is 0 Å². The maximum absolute atomic E-state index is 6.28. The van der Waals surface area contributed by atoms with Crippen molar-refractivity contribution in [2.45, 2.75) is 25.4 Å². The number of methoxy groups -OCH3 is 1. The SMILES string of the molecule is COc1cc(N2CCOC3(CCCN(c4ccc(C)nn4)C3)C2)ncn1. The van der Waals surface area contributed by atoms with E-state index in [2.05, 4.69) is 30.0 Å². The summed E-state index contributed by atoms with van der Waals surface area (Å²) >= 11 is 0. The normalized spacial score (nSPS) is 23.3. The maximum atomic E-state index is 6.28. The number of morpholine rings is 1. The van der Waals surface area contributed by atoms with Crippen molar-refractivity contribution in [2.24, 2.45) is 0 Å². The highest BCUT2D eigenvalue weighted by molar-refractivity contribution is 5.43. The zero-order valence-electron chi connectivity index (χ0n) is 15.3. The molecule has 2 aromatic heterocycles. The number of hydrogen-bond acceptors (Lipinski definition) is 8. The van der Waals surface area contributed by atoms with E-state index in [-0.39, 0.29) is 5.60 Å². The Morgan fingerprint density at radius 2 is 1.92 bits per heavy atom. The smallest absolute Gasteiger partial charge is 0.218 e. The van der Waals surface area contributed by atoms with Crippen LogP contribution in [-0.2, 0) is 4.74 Å². The second kappa shape index (κ2) is 7.03. The number of aromatic nitrogens is 4. The van der Waals surface area contributed by atoms with Crippen LogP contribution in [0.15, 0.2) is 24.5 Å². The standard InChI is InChI=1S/C18H24N6O2/c1-14-4-5-15(22-21-14)23-7-3-6-18(11-23)12-24(8-9-26-18)16-10-17(25-2)20-13-19-16/h4-5,10,13H,3,6-9,11-12H2,1-2H3. The molecule has 0 radical (unpaired) electrons. The highest BCUT2D eigenvalue weighted by Gasteiger charge is 2.41. The van der Waals surface area contributed by atoms with Crippen LogP contribution in [0.5, 0.6) is 5.88 Å². The van der Waals surface area contributed by atoms with Gasteiger partial charge in [-0.05, 0) is 31.9 Å². The monoisotopic (exact) mass is 356 g/mol. The van der Waals surface area contributed by atoms with E-state index in [0.29, 0.717) is 12.5 Å². The molecule has 138 valence electrons. The molecule has 1 atom stereocenters. The summed E-state index contributed by atoms with van der Waals surface area (Å²) in [5, 5.41) is 8.55. The second-order valence-electron chi connectivity index (χ2n) is 6.93. The summed E-state index contributed by atoms with van der Waals surface area (Å²) in [4.78, 5) is 13.1. The van der Waals surface area contributed by atoms with Gasteiger partial charge in [0.2, 0.25) is 5.88 Å². The Hall–Kier alpha value is -2.48. The Bertz CT molecular complexity index is 752. The lowest BCUT2D eigenvalue weighted by Crippen LogP contribution is -2.60. The number of anilines is 2. The average molecular weight is 356 g/mol. The Balaban J connectivity index is 1.52. The summed E-state index contributed by atoms with van der Waals surface area (Å²) in [6, 6.07) is 5.92. The molecule has 4 heterocycles. The molecule has 8 heteroatoms. The molecule has 0 amide bonds. The van der Waals surface area contributed by atoms with Gasteiger partial charge in [-0.15, -0.1) is 5.10 Å². The highest BCUT2D eigenvalue weighted by Crippen LogP contribution is 2.32. The third-order valence-electron chi connectivity index (χ3n) is 5.06. The number of aryl methyl sites for hydroxylation is 1. The molecule has 2 fully saturated rings. The zero-order chi connectivity index (χ0) is 18.0. The molecule has 0 bridgehead atoms. The number of piperidine rings is 1. The molecule has 0 aromatic carbocycles. The van der Waals surface area contributed by atoms with Crippen LogP contribution in [0.2, 0.25) is 0 Å². The van der Waals surface area contributed by atoms with Crippen molar-refractivity contribution in [3.8, 4) is 5.88 Å². The summed E-state index contributed by atoms with van der Waals surface area (Å²) in [7, 11) is 1.62. The van der Waals surface area contributed by atoms with Crippen LogP contribution in [0.3, 0.4) is 0 Å². The number of rotatable bonds is 3. The van der Waals surface area contributed by atoms with Crippen LogP contribution >= 0.6 is 0 Å². The van der Waals surface area contributed by atoms with Crippen molar-refractivity contribution >= 4 is 11.6 Å². The number of nitrogens with zero attached hydrogens (tertiary/aromatic N) is 6. The molecule has 1 unspecified atom stereocenters. The van der Waals surface area contributed by atoms with E-state index < -0.39 is 0 Å². The molecule has 2 aliphatic heterocycles. The minimum absolute atomic E-state index is 0.221. The largest absolute Gasteiger partial charge is 0.481 e. The molecule has 2 saturated heterocycles. The molecule has 2 aromatic rings. The van der Waals surface area contributed by atoms with Crippen molar-refractivity contribution in [3.63, 3.8) is 0 Å². The van der Waals surface area contributed by atoms with Crippen molar-refractivity contribution in [1.82, 2.24) is 20.2 Å². The Kier molecular flexibility index (Phi) is 4.58. The maximum Gasteiger partial charge on any atom is 0.218 e. The Labute approximate surface area is 153 Å². The predicted molar refractivity (Wildman–Crippen MR) is 97.7 cm³/mol. The van der Waals surface area contributed by atoms with Gasteiger partial charge in [-0.3, -0.25) is 0 Å². The van der Waals surface area contributed by atoms with Crippen LogP contribution in [0.25, 0.3) is 0 Å². The van der Waals surface area contributed by atoms with Crippen molar-refractivity contribution in [1.29, 1.82) is 0 Å². The van der Waals surface area contributed by atoms with Crippen LogP contribution in [-0.4, -0.2) is 65.7 Å². The third-order valence-corrected chi connectivity index (χ3v) is 5.06. The fraction of sp³-hybridized carbons (Fsp3) is 0.556. The van der Waals surface area contributed by atoms with E-state index >= 15 is 0 Å². The van der Waals surface area contributed by atoms with E-state index in [1.165, 1.54) is 0 Å². The Morgan fingerprint density at radius 3 is 2.69 bits per heavy atom. The van der Waals surface area contributed by atoms with Gasteiger partial charge in [-0.2, -0.15) is 5.10 Å². The molecule has 8 nitrogen and oxygen atoms in total. The van der Waals surface area contributed by atoms with E-state index in [4.69, 9.17) is 9.47 Å². The van der Waals surface area contributed by atoms with Crippen molar-refractivity contribution in [2.75, 3.05) is 49.7 Å². The fourth-order valence-electron chi connectivity index (χ4n) is 3.76. The highest BCUT2D eigenvalue weighted by atomic mass is 16.5. The van der Waals surface area contributed by atoms with Crippen molar-refractivity contribution in [3.05, 3.63) is 30.2 Å². The molecule has 0 N–H and O–H groups in total. The lowest BCUT2D eigenvalue weighted by atomic mass is 9.90. The summed E-state index contributed by atoms with van der Waals surface area (Å²) < 4.78 is 11.5. The zero-order valence-corrected chi connectivity index (χ0v) is 15.3. The van der Waals surface area contributed by atoms with E-state index in [0.717, 1.165) is 56.4 Å². The minimum atomic E-state index is -0.221. The average Bonchev–Trinajstić information content (AvgIpc) is 2.69. The van der Waals surface area contributed by atoms with Gasteiger partial charge in [-0.25, -0.2) is 9.97 Å². The summed E-state index contributed by atoms with van der Waals surface area (Å²) in [6.07, 6.45) is 3.64. The molecular formula is C18H24N6O2. The lowest BCUT2D eigenvalue weighted by molar-refractivity contribution is -0.0632. The predicted octanol–water partition coefficient (Wildman–Crippen LogP) is 1.46. The topological polar surface area (TPSA) is 76.5 Å². The minimum Gasteiger partial charge on any atom is -0.481 e. The first-order chi connectivity index (χ1) is 12.7. The second-order valence-corrected chi connectivity index (χ2v) is 6.93. The lowest BCUT2D eigenvalue weighted by Gasteiger charge is -2.48. The molecule has 26 heavy (non-hydrogen) atoms. The van der Waals surface area contributed by atoms with Gasteiger partial charge in [0.25, 0.3) is 0 Å². The molecule has 0 aliphatic carbocycles. The van der Waals surface area contributed by atoms with E-state index in [1.54, 1.807) is 13.4 Å².